The summed E-state index contributed by atoms with van der Waals surface area (Å²) in [6.45, 7) is 3.12. The van der Waals surface area contributed by atoms with Gasteiger partial charge >= 0.3 is 0 Å². The molecule has 0 aromatic heterocycles. The zero-order valence-electron chi connectivity index (χ0n) is 11.9. The number of hydrogen-bond donors (Lipinski definition) is 3. The first-order valence-electron chi connectivity index (χ1n) is 6.78. The second kappa shape index (κ2) is 5.90. The SMILES string of the molecule is CCNS(=O)(=O)c1ccc(N)c(N2CCC(C(N)=O)C2)c1. The Hall–Kier alpha value is -1.80. The maximum atomic E-state index is 12.0. The van der Waals surface area contributed by atoms with E-state index in [-0.39, 0.29) is 16.7 Å². The Morgan fingerprint density at radius 3 is 2.76 bits per heavy atom. The van der Waals surface area contributed by atoms with E-state index in [0.717, 1.165) is 0 Å². The van der Waals surface area contributed by atoms with Crippen molar-refractivity contribution in [2.45, 2.75) is 18.2 Å². The minimum absolute atomic E-state index is 0.163. The van der Waals surface area contributed by atoms with Crippen LogP contribution in [0.1, 0.15) is 13.3 Å². The topological polar surface area (TPSA) is 119 Å². The number of nitrogens with zero attached hydrogens (tertiary/aromatic N) is 1. The van der Waals surface area contributed by atoms with Crippen LogP contribution in [0.4, 0.5) is 11.4 Å². The molecule has 7 nitrogen and oxygen atoms in total. The van der Waals surface area contributed by atoms with E-state index in [0.29, 0.717) is 37.4 Å². The maximum absolute atomic E-state index is 12.0. The molecule has 8 heteroatoms. The maximum Gasteiger partial charge on any atom is 0.240 e. The van der Waals surface area contributed by atoms with E-state index in [1.165, 1.54) is 12.1 Å². The lowest BCUT2D eigenvalue weighted by molar-refractivity contribution is -0.121. The number of nitrogens with one attached hydrogen (secondary N) is 1. The van der Waals surface area contributed by atoms with E-state index in [1.54, 1.807) is 13.0 Å². The number of nitrogens with two attached hydrogens (primary N) is 2. The molecule has 1 aliphatic heterocycles. The highest BCUT2D eigenvalue weighted by Gasteiger charge is 2.28. The zero-order chi connectivity index (χ0) is 15.6. The molecule has 1 heterocycles. The first-order chi connectivity index (χ1) is 9.85. The quantitative estimate of drug-likeness (QED) is 0.655. The molecule has 1 atom stereocenters. The van der Waals surface area contributed by atoms with Gasteiger partial charge in [0.25, 0.3) is 0 Å². The molecular formula is C13H20N4O3S. The van der Waals surface area contributed by atoms with Crippen molar-refractivity contribution in [2.75, 3.05) is 30.3 Å². The van der Waals surface area contributed by atoms with Gasteiger partial charge in [0.2, 0.25) is 15.9 Å². The van der Waals surface area contributed by atoms with Gasteiger partial charge in [-0.1, -0.05) is 6.92 Å². The molecular weight excluding hydrogens is 292 g/mol. The van der Waals surface area contributed by atoms with Crippen LogP contribution in [0, 0.1) is 5.92 Å². The molecule has 2 rings (SSSR count). The van der Waals surface area contributed by atoms with Gasteiger partial charge in [-0.3, -0.25) is 4.79 Å². The number of carbonyl (C=O) groups excluding carboxylic acids is 1. The summed E-state index contributed by atoms with van der Waals surface area (Å²) in [4.78, 5) is 13.3. The van der Waals surface area contributed by atoms with Crippen LogP contribution in [0.5, 0.6) is 0 Å². The Balaban J connectivity index is 2.31. The summed E-state index contributed by atoms with van der Waals surface area (Å²) in [6, 6.07) is 4.58. The molecule has 5 N–H and O–H groups in total. The van der Waals surface area contributed by atoms with Crippen molar-refractivity contribution in [2.24, 2.45) is 11.7 Å². The molecule has 0 spiro atoms. The number of rotatable bonds is 5. The Morgan fingerprint density at radius 2 is 2.19 bits per heavy atom. The van der Waals surface area contributed by atoms with Gasteiger partial charge in [-0.15, -0.1) is 0 Å². The smallest absolute Gasteiger partial charge is 0.240 e. The monoisotopic (exact) mass is 312 g/mol. The average molecular weight is 312 g/mol. The summed E-state index contributed by atoms with van der Waals surface area (Å²) >= 11 is 0. The van der Waals surface area contributed by atoms with Gasteiger partial charge in [-0.05, 0) is 24.6 Å². The highest BCUT2D eigenvalue weighted by atomic mass is 32.2. The van der Waals surface area contributed by atoms with Gasteiger partial charge in [-0.2, -0.15) is 0 Å². The molecule has 0 radical (unpaired) electrons. The number of primary amides is 1. The number of sulfonamides is 1. The van der Waals surface area contributed by atoms with Crippen molar-refractivity contribution < 1.29 is 13.2 Å². The van der Waals surface area contributed by atoms with Crippen LogP contribution in [-0.2, 0) is 14.8 Å². The summed E-state index contributed by atoms with van der Waals surface area (Å²) in [5.41, 5.74) is 12.4. The molecule has 0 aliphatic carbocycles. The molecule has 1 aliphatic rings. The van der Waals surface area contributed by atoms with Crippen molar-refractivity contribution in [3.8, 4) is 0 Å². The van der Waals surface area contributed by atoms with Crippen LogP contribution in [-0.4, -0.2) is 34.0 Å². The van der Waals surface area contributed by atoms with Crippen LogP contribution in [0.3, 0.4) is 0 Å². The fourth-order valence-corrected chi connectivity index (χ4v) is 3.51. The number of nitrogen functional groups attached to an aromatic ring is 1. The Labute approximate surface area is 124 Å². The number of carbonyl (C=O) groups is 1. The fraction of sp³-hybridized carbons (Fsp3) is 0.462. The van der Waals surface area contributed by atoms with E-state index in [1.807, 2.05) is 4.90 Å². The zero-order valence-corrected chi connectivity index (χ0v) is 12.7. The Kier molecular flexibility index (Phi) is 4.38. The van der Waals surface area contributed by atoms with Gasteiger partial charge in [0.15, 0.2) is 0 Å². The van der Waals surface area contributed by atoms with Crippen molar-refractivity contribution in [3.05, 3.63) is 18.2 Å². The molecule has 1 saturated heterocycles. The van der Waals surface area contributed by atoms with Crippen LogP contribution < -0.4 is 21.1 Å². The number of amides is 1. The molecule has 1 aromatic rings. The predicted octanol–water partition coefficient (Wildman–Crippen LogP) is -0.121. The van der Waals surface area contributed by atoms with Gasteiger partial charge in [0.05, 0.1) is 22.2 Å². The molecule has 1 aromatic carbocycles. The lowest BCUT2D eigenvalue weighted by atomic mass is 10.1. The standard InChI is InChI=1S/C13H20N4O3S/c1-2-16-21(19,20)10-3-4-11(14)12(7-10)17-6-5-9(8-17)13(15)18/h3-4,7,9,16H,2,5-6,8,14H2,1H3,(H2,15,18). The summed E-state index contributed by atoms with van der Waals surface area (Å²) in [6.07, 6.45) is 0.652. The third-order valence-electron chi connectivity index (χ3n) is 3.58. The summed E-state index contributed by atoms with van der Waals surface area (Å²) in [5.74, 6) is -0.564. The molecule has 116 valence electrons. The average Bonchev–Trinajstić information content (AvgIpc) is 2.88. The van der Waals surface area contributed by atoms with E-state index in [4.69, 9.17) is 11.5 Å². The fourth-order valence-electron chi connectivity index (χ4n) is 2.45. The van der Waals surface area contributed by atoms with E-state index >= 15 is 0 Å². The predicted molar refractivity (Wildman–Crippen MR) is 81.2 cm³/mol. The summed E-state index contributed by atoms with van der Waals surface area (Å²) in [5, 5.41) is 0. The largest absolute Gasteiger partial charge is 0.397 e. The second-order valence-electron chi connectivity index (χ2n) is 5.06. The molecule has 21 heavy (non-hydrogen) atoms. The number of anilines is 2. The van der Waals surface area contributed by atoms with Crippen LogP contribution >= 0.6 is 0 Å². The van der Waals surface area contributed by atoms with E-state index < -0.39 is 10.0 Å². The first kappa shape index (κ1) is 15.6. The minimum atomic E-state index is -3.53. The van der Waals surface area contributed by atoms with Gasteiger partial charge in [0, 0.05) is 19.6 Å². The molecule has 1 fully saturated rings. The van der Waals surface area contributed by atoms with Crippen LogP contribution in [0.15, 0.2) is 23.1 Å². The minimum Gasteiger partial charge on any atom is -0.397 e. The van der Waals surface area contributed by atoms with Crippen LogP contribution in [0.25, 0.3) is 0 Å². The van der Waals surface area contributed by atoms with Crippen molar-refractivity contribution >= 4 is 27.3 Å². The molecule has 1 amide bonds. The van der Waals surface area contributed by atoms with Gasteiger partial charge < -0.3 is 16.4 Å². The van der Waals surface area contributed by atoms with Crippen molar-refractivity contribution in [1.82, 2.24) is 4.72 Å². The van der Waals surface area contributed by atoms with E-state index in [2.05, 4.69) is 4.72 Å². The Morgan fingerprint density at radius 1 is 1.48 bits per heavy atom. The van der Waals surface area contributed by atoms with Gasteiger partial charge in [0.1, 0.15) is 0 Å². The van der Waals surface area contributed by atoms with E-state index in [9.17, 15) is 13.2 Å². The molecule has 0 bridgehead atoms. The summed E-state index contributed by atoms with van der Waals surface area (Å²) in [7, 11) is -3.53. The first-order valence-corrected chi connectivity index (χ1v) is 8.27. The molecule has 0 saturated carbocycles. The van der Waals surface area contributed by atoms with Crippen molar-refractivity contribution in [1.29, 1.82) is 0 Å². The third-order valence-corrected chi connectivity index (χ3v) is 5.12. The lowest BCUT2D eigenvalue weighted by Crippen LogP contribution is -2.28. The third kappa shape index (κ3) is 3.27. The van der Waals surface area contributed by atoms with Gasteiger partial charge in [-0.25, -0.2) is 13.1 Å². The molecule has 1 unspecified atom stereocenters. The number of hydrogen-bond acceptors (Lipinski definition) is 5. The highest BCUT2D eigenvalue weighted by molar-refractivity contribution is 7.89. The van der Waals surface area contributed by atoms with Crippen molar-refractivity contribution in [3.63, 3.8) is 0 Å². The lowest BCUT2D eigenvalue weighted by Gasteiger charge is -2.21. The summed E-state index contributed by atoms with van der Waals surface area (Å²) < 4.78 is 26.5. The Bertz CT molecular complexity index is 645. The second-order valence-corrected chi connectivity index (χ2v) is 6.82. The number of benzene rings is 1. The normalized spacial score (nSPS) is 18.9. The van der Waals surface area contributed by atoms with Crippen LogP contribution in [0.2, 0.25) is 0 Å². The highest BCUT2D eigenvalue weighted by Crippen LogP contribution is 2.31.